The minimum Gasteiger partial charge on any atom is -0.389 e. The van der Waals surface area contributed by atoms with E-state index in [-0.39, 0.29) is 49.0 Å². The van der Waals surface area contributed by atoms with E-state index in [0.717, 1.165) is 5.56 Å². The van der Waals surface area contributed by atoms with Crippen LogP contribution in [0.1, 0.15) is 44.9 Å². The van der Waals surface area contributed by atoms with Gasteiger partial charge in [-0.25, -0.2) is 4.39 Å². The third-order valence-electron chi connectivity index (χ3n) is 3.61. The van der Waals surface area contributed by atoms with Gasteiger partial charge in [-0.3, -0.25) is 4.99 Å². The minimum absolute atomic E-state index is 0. The predicted molar refractivity (Wildman–Crippen MR) is 116 cm³/mol. The van der Waals surface area contributed by atoms with Crippen molar-refractivity contribution in [1.29, 1.82) is 0 Å². The van der Waals surface area contributed by atoms with Crippen LogP contribution in [0.3, 0.4) is 0 Å². The molecule has 150 valence electrons. The van der Waals surface area contributed by atoms with Crippen molar-refractivity contribution in [3.05, 3.63) is 35.1 Å². The molecule has 0 spiro atoms. The number of benzene rings is 1. The molecule has 0 radical (unpaired) electrons. The average molecular weight is 481 g/mol. The van der Waals surface area contributed by atoms with Crippen LogP contribution in [0.25, 0.3) is 0 Å². The summed E-state index contributed by atoms with van der Waals surface area (Å²) in [6.45, 7) is 11.6. The van der Waals surface area contributed by atoms with E-state index in [0.29, 0.717) is 30.6 Å². The molecule has 1 aromatic rings. The minimum atomic E-state index is -0.652. The van der Waals surface area contributed by atoms with Crippen LogP contribution in [-0.4, -0.2) is 43.5 Å². The van der Waals surface area contributed by atoms with Crippen LogP contribution in [0.15, 0.2) is 23.2 Å². The van der Waals surface area contributed by atoms with E-state index >= 15 is 0 Å². The molecular formula is C19H33FIN3O2. The largest absolute Gasteiger partial charge is 0.389 e. The highest BCUT2D eigenvalue weighted by Crippen LogP contribution is 2.16. The van der Waals surface area contributed by atoms with Crippen LogP contribution < -0.4 is 10.6 Å². The van der Waals surface area contributed by atoms with Gasteiger partial charge in [0.1, 0.15) is 5.82 Å². The molecule has 0 fully saturated rings. The predicted octanol–water partition coefficient (Wildman–Crippen LogP) is 3.40. The normalized spacial score (nSPS) is 13.9. The number of aliphatic imine (C=N–C) groups is 1. The van der Waals surface area contributed by atoms with Crippen molar-refractivity contribution in [3.8, 4) is 0 Å². The number of aliphatic hydroxyl groups excluding tert-OH is 1. The number of halogens is 2. The molecule has 0 saturated carbocycles. The van der Waals surface area contributed by atoms with E-state index in [1.54, 1.807) is 13.0 Å². The van der Waals surface area contributed by atoms with Gasteiger partial charge in [0, 0.05) is 13.2 Å². The first-order valence-electron chi connectivity index (χ1n) is 8.90. The van der Waals surface area contributed by atoms with Gasteiger partial charge >= 0.3 is 0 Å². The first-order chi connectivity index (χ1) is 11.8. The smallest absolute Gasteiger partial charge is 0.191 e. The van der Waals surface area contributed by atoms with Crippen LogP contribution in [0.2, 0.25) is 0 Å². The average Bonchev–Trinajstić information content (AvgIpc) is 2.55. The second-order valence-electron chi connectivity index (χ2n) is 6.68. The van der Waals surface area contributed by atoms with Crippen LogP contribution in [0, 0.1) is 18.7 Å². The number of hydrogen-bond donors (Lipinski definition) is 3. The number of nitrogens with one attached hydrogen (secondary N) is 2. The molecule has 0 aromatic heterocycles. The van der Waals surface area contributed by atoms with E-state index in [4.69, 9.17) is 4.74 Å². The fourth-order valence-electron chi connectivity index (χ4n) is 2.18. The molecule has 0 amide bonds. The molecule has 0 aliphatic rings. The molecule has 2 atom stereocenters. The first kappa shape index (κ1) is 25.1. The van der Waals surface area contributed by atoms with Gasteiger partial charge in [0.15, 0.2) is 5.96 Å². The zero-order valence-corrected chi connectivity index (χ0v) is 18.7. The van der Waals surface area contributed by atoms with Crippen molar-refractivity contribution >= 4 is 29.9 Å². The molecule has 0 aliphatic carbocycles. The standard InChI is InChI=1S/C19H32FN3O2.HI/c1-6-21-19(22-10-17(24)12-25-11-13(2)3)23-15(5)16-8-7-14(4)18(20)9-16;/h7-9,13,15,17,24H,6,10-12H2,1-5H3,(H2,21,22,23);1H. The maximum Gasteiger partial charge on any atom is 0.191 e. The Labute approximate surface area is 173 Å². The topological polar surface area (TPSA) is 65.9 Å². The summed E-state index contributed by atoms with van der Waals surface area (Å²) in [6, 6.07) is 5.09. The van der Waals surface area contributed by atoms with Gasteiger partial charge in [0.05, 0.1) is 25.3 Å². The molecular weight excluding hydrogens is 448 g/mol. The summed E-state index contributed by atoms with van der Waals surface area (Å²) >= 11 is 0. The summed E-state index contributed by atoms with van der Waals surface area (Å²) in [4.78, 5) is 4.39. The lowest BCUT2D eigenvalue weighted by Crippen LogP contribution is -2.39. The quantitative estimate of drug-likeness (QED) is 0.288. The van der Waals surface area contributed by atoms with Gasteiger partial charge in [-0.05, 0) is 43.9 Å². The number of rotatable bonds is 9. The highest BCUT2D eigenvalue weighted by Gasteiger charge is 2.11. The highest BCUT2D eigenvalue weighted by atomic mass is 127. The molecule has 7 heteroatoms. The Balaban J connectivity index is 0.00000625. The van der Waals surface area contributed by atoms with Crippen molar-refractivity contribution in [2.45, 2.75) is 46.8 Å². The molecule has 2 unspecified atom stereocenters. The van der Waals surface area contributed by atoms with Crippen molar-refractivity contribution in [1.82, 2.24) is 10.6 Å². The Morgan fingerprint density at radius 2 is 1.96 bits per heavy atom. The van der Waals surface area contributed by atoms with Crippen molar-refractivity contribution in [2.24, 2.45) is 10.9 Å². The summed E-state index contributed by atoms with van der Waals surface area (Å²) in [5, 5.41) is 16.3. The summed E-state index contributed by atoms with van der Waals surface area (Å²) in [7, 11) is 0. The first-order valence-corrected chi connectivity index (χ1v) is 8.90. The zero-order chi connectivity index (χ0) is 18.8. The molecule has 1 aromatic carbocycles. The van der Waals surface area contributed by atoms with Gasteiger partial charge < -0.3 is 20.5 Å². The molecule has 3 N–H and O–H groups in total. The molecule has 1 rings (SSSR count). The van der Waals surface area contributed by atoms with Crippen LogP contribution in [-0.2, 0) is 4.74 Å². The molecule has 0 bridgehead atoms. The van der Waals surface area contributed by atoms with E-state index in [9.17, 15) is 9.50 Å². The van der Waals surface area contributed by atoms with Crippen LogP contribution >= 0.6 is 24.0 Å². The molecule has 0 heterocycles. The Bertz CT molecular complexity index is 556. The SMILES string of the molecule is CCNC(=NCC(O)COCC(C)C)NC(C)c1ccc(C)c(F)c1.I. The lowest BCUT2D eigenvalue weighted by Gasteiger charge is -2.19. The number of aryl methyl sites for hydroxylation is 1. The van der Waals surface area contributed by atoms with Gasteiger partial charge in [-0.2, -0.15) is 0 Å². The van der Waals surface area contributed by atoms with Gasteiger partial charge in [0.25, 0.3) is 0 Å². The van der Waals surface area contributed by atoms with E-state index in [1.807, 2.05) is 19.9 Å². The summed E-state index contributed by atoms with van der Waals surface area (Å²) in [6.07, 6.45) is -0.652. The number of nitrogens with zero attached hydrogens (tertiary/aromatic N) is 1. The van der Waals surface area contributed by atoms with E-state index < -0.39 is 6.10 Å². The molecule has 26 heavy (non-hydrogen) atoms. The fourth-order valence-corrected chi connectivity index (χ4v) is 2.18. The Hall–Kier alpha value is -0.930. The lowest BCUT2D eigenvalue weighted by atomic mass is 10.1. The van der Waals surface area contributed by atoms with E-state index in [1.165, 1.54) is 6.07 Å². The summed E-state index contributed by atoms with van der Waals surface area (Å²) in [5.74, 6) is 0.801. The van der Waals surface area contributed by atoms with Crippen molar-refractivity contribution in [2.75, 3.05) is 26.3 Å². The molecule has 5 nitrogen and oxygen atoms in total. The van der Waals surface area contributed by atoms with Crippen molar-refractivity contribution < 1.29 is 14.2 Å². The third kappa shape index (κ3) is 9.68. The maximum atomic E-state index is 13.7. The Kier molecular flexibility index (Phi) is 12.8. The van der Waals surface area contributed by atoms with E-state index in [2.05, 4.69) is 29.5 Å². The highest BCUT2D eigenvalue weighted by molar-refractivity contribution is 14.0. The molecule has 0 aliphatic heterocycles. The molecule has 0 saturated heterocycles. The number of aliphatic hydroxyl groups is 1. The second-order valence-corrected chi connectivity index (χ2v) is 6.68. The van der Waals surface area contributed by atoms with Crippen LogP contribution in [0.5, 0.6) is 0 Å². The Morgan fingerprint density at radius 3 is 2.54 bits per heavy atom. The number of hydrogen-bond acceptors (Lipinski definition) is 3. The number of guanidine groups is 1. The Morgan fingerprint density at radius 1 is 1.27 bits per heavy atom. The third-order valence-corrected chi connectivity index (χ3v) is 3.61. The van der Waals surface area contributed by atoms with Gasteiger partial charge in [-0.15, -0.1) is 24.0 Å². The lowest BCUT2D eigenvalue weighted by molar-refractivity contribution is 0.0301. The van der Waals surface area contributed by atoms with Crippen LogP contribution in [0.4, 0.5) is 4.39 Å². The van der Waals surface area contributed by atoms with Gasteiger partial charge in [-0.1, -0.05) is 26.0 Å². The fraction of sp³-hybridized carbons (Fsp3) is 0.632. The summed E-state index contributed by atoms with van der Waals surface area (Å²) in [5.41, 5.74) is 1.47. The van der Waals surface area contributed by atoms with Crippen molar-refractivity contribution in [3.63, 3.8) is 0 Å². The maximum absolute atomic E-state index is 13.7. The number of ether oxygens (including phenoxy) is 1. The monoisotopic (exact) mass is 481 g/mol. The van der Waals surface area contributed by atoms with Gasteiger partial charge in [0.2, 0.25) is 0 Å². The zero-order valence-electron chi connectivity index (χ0n) is 16.4. The second kappa shape index (κ2) is 13.3. The summed E-state index contributed by atoms with van der Waals surface area (Å²) < 4.78 is 19.2.